The molecule has 64 valence electrons. The third kappa shape index (κ3) is 9.02. The molecule has 0 atom stereocenters. The van der Waals surface area contributed by atoms with E-state index in [1.807, 2.05) is 6.92 Å². The second-order valence-electron chi connectivity index (χ2n) is 2.25. The Morgan fingerprint density at radius 1 is 1.27 bits per heavy atom. The fraction of sp³-hybridized carbons (Fsp3) is 0.400. The molecule has 0 spiro atoms. The largest absolute Gasteiger partial charge is 0.399 e. The van der Waals surface area contributed by atoms with Crippen LogP contribution in [0.4, 0.5) is 0 Å². The Labute approximate surface area is 70.3 Å². The minimum Gasteiger partial charge on any atom is -0.399 e. The molecule has 0 aromatic heterocycles. The fourth-order valence-corrected chi connectivity index (χ4v) is 0.279. The molecule has 0 heterocycles. The summed E-state index contributed by atoms with van der Waals surface area (Å²) >= 11 is 0. The predicted molar refractivity (Wildman–Crippen MR) is 53.2 cm³/mol. The van der Waals surface area contributed by atoms with E-state index < -0.39 is 0 Å². The van der Waals surface area contributed by atoms with E-state index in [9.17, 15) is 0 Å². The first-order valence-corrected chi connectivity index (χ1v) is 3.85. The number of rotatable bonds is 2. The molecule has 0 saturated carbocycles. The molecule has 11 heavy (non-hydrogen) atoms. The highest BCUT2D eigenvalue weighted by Crippen LogP contribution is 1.97. The molecule has 0 radical (unpaired) electrons. The van der Waals surface area contributed by atoms with E-state index in [0.717, 1.165) is 5.57 Å². The molecule has 0 amide bonds. The number of hydrogen-bond acceptors (Lipinski definition) is 1. The fourth-order valence-electron chi connectivity index (χ4n) is 0.279. The van der Waals surface area contributed by atoms with E-state index >= 15 is 0 Å². The van der Waals surface area contributed by atoms with Crippen molar-refractivity contribution in [2.45, 2.75) is 27.2 Å². The summed E-state index contributed by atoms with van der Waals surface area (Å²) in [7, 11) is 0. The standard InChI is InChI=1S/C7H11N.C3H8/c1-4-6(3)7(8)5-2;1-3-2/h4-5H,1-2,8H2,3H3;3H2,1-2H3/b7-6+;. The minimum atomic E-state index is 0.694. The van der Waals surface area contributed by atoms with E-state index in [-0.39, 0.29) is 0 Å². The van der Waals surface area contributed by atoms with Crippen LogP contribution in [-0.2, 0) is 0 Å². The van der Waals surface area contributed by atoms with E-state index in [1.165, 1.54) is 6.42 Å². The van der Waals surface area contributed by atoms with Gasteiger partial charge in [-0.2, -0.15) is 0 Å². The highest BCUT2D eigenvalue weighted by atomic mass is 14.6. The zero-order valence-corrected chi connectivity index (χ0v) is 7.85. The molecule has 0 aliphatic rings. The van der Waals surface area contributed by atoms with Crippen molar-refractivity contribution in [1.29, 1.82) is 0 Å². The molecular weight excluding hydrogens is 134 g/mol. The Morgan fingerprint density at radius 3 is 1.73 bits per heavy atom. The van der Waals surface area contributed by atoms with E-state index in [0.29, 0.717) is 5.70 Å². The van der Waals surface area contributed by atoms with Crippen molar-refractivity contribution in [3.8, 4) is 0 Å². The molecule has 0 aromatic carbocycles. The zero-order valence-electron chi connectivity index (χ0n) is 7.85. The lowest BCUT2D eigenvalue weighted by Crippen LogP contribution is -1.94. The molecule has 1 nitrogen and oxygen atoms in total. The SMILES string of the molecule is C=C/C(C)=C(/N)C=C.CCC. The van der Waals surface area contributed by atoms with Crippen molar-refractivity contribution < 1.29 is 0 Å². The Balaban J connectivity index is 0. The minimum absolute atomic E-state index is 0.694. The number of allylic oxidation sites excluding steroid dienone is 3. The molecular formula is C10H19N. The van der Waals surface area contributed by atoms with Gasteiger partial charge in [0, 0.05) is 5.70 Å². The van der Waals surface area contributed by atoms with E-state index in [2.05, 4.69) is 27.0 Å². The first kappa shape index (κ1) is 12.7. The second-order valence-corrected chi connectivity index (χ2v) is 2.25. The lowest BCUT2D eigenvalue weighted by atomic mass is 10.2. The van der Waals surface area contributed by atoms with Gasteiger partial charge < -0.3 is 5.73 Å². The number of hydrogen-bond donors (Lipinski definition) is 1. The van der Waals surface area contributed by atoms with Crippen LogP contribution in [-0.4, -0.2) is 0 Å². The summed E-state index contributed by atoms with van der Waals surface area (Å²) < 4.78 is 0. The van der Waals surface area contributed by atoms with Gasteiger partial charge in [-0.15, -0.1) is 0 Å². The van der Waals surface area contributed by atoms with Gasteiger partial charge in [-0.25, -0.2) is 0 Å². The Hall–Kier alpha value is -0.980. The summed E-state index contributed by atoms with van der Waals surface area (Å²) in [6, 6.07) is 0. The smallest absolute Gasteiger partial charge is 0.0337 e. The molecule has 0 bridgehead atoms. The van der Waals surface area contributed by atoms with Gasteiger partial charge in [0.2, 0.25) is 0 Å². The van der Waals surface area contributed by atoms with Gasteiger partial charge in [-0.05, 0) is 18.6 Å². The third-order valence-electron chi connectivity index (χ3n) is 0.981. The average molecular weight is 153 g/mol. The summed E-state index contributed by atoms with van der Waals surface area (Å²) in [5.74, 6) is 0. The summed E-state index contributed by atoms with van der Waals surface area (Å²) in [5, 5.41) is 0. The molecule has 1 heteroatoms. The average Bonchev–Trinajstić information content (AvgIpc) is 2.03. The lowest BCUT2D eigenvalue weighted by Gasteiger charge is -1.92. The van der Waals surface area contributed by atoms with Crippen molar-refractivity contribution >= 4 is 0 Å². The predicted octanol–water partition coefficient (Wildman–Crippen LogP) is 3.01. The van der Waals surface area contributed by atoms with Crippen LogP contribution in [0.1, 0.15) is 27.2 Å². The van der Waals surface area contributed by atoms with Gasteiger partial charge >= 0.3 is 0 Å². The van der Waals surface area contributed by atoms with Gasteiger partial charge in [0.15, 0.2) is 0 Å². The van der Waals surface area contributed by atoms with Crippen LogP contribution in [0.3, 0.4) is 0 Å². The van der Waals surface area contributed by atoms with Crippen molar-refractivity contribution in [2.24, 2.45) is 5.73 Å². The topological polar surface area (TPSA) is 26.0 Å². The van der Waals surface area contributed by atoms with Crippen molar-refractivity contribution in [1.82, 2.24) is 0 Å². The molecule has 0 fully saturated rings. The molecule has 0 unspecified atom stereocenters. The van der Waals surface area contributed by atoms with Crippen molar-refractivity contribution in [3.63, 3.8) is 0 Å². The van der Waals surface area contributed by atoms with Gasteiger partial charge in [0.1, 0.15) is 0 Å². The third-order valence-corrected chi connectivity index (χ3v) is 0.981. The van der Waals surface area contributed by atoms with Crippen LogP contribution in [0.5, 0.6) is 0 Å². The van der Waals surface area contributed by atoms with E-state index in [1.54, 1.807) is 12.2 Å². The van der Waals surface area contributed by atoms with Crippen LogP contribution in [0.25, 0.3) is 0 Å². The zero-order chi connectivity index (χ0) is 9.28. The maximum absolute atomic E-state index is 5.42. The molecule has 0 aliphatic carbocycles. The van der Waals surface area contributed by atoms with E-state index in [4.69, 9.17) is 5.73 Å². The summed E-state index contributed by atoms with van der Waals surface area (Å²) in [5.41, 5.74) is 7.08. The maximum atomic E-state index is 5.42. The van der Waals surface area contributed by atoms with Crippen molar-refractivity contribution in [2.75, 3.05) is 0 Å². The maximum Gasteiger partial charge on any atom is 0.0337 e. The van der Waals surface area contributed by atoms with Crippen molar-refractivity contribution in [3.05, 3.63) is 36.6 Å². The first-order chi connectivity index (χ1) is 5.13. The normalized spacial score (nSPS) is 10.5. The van der Waals surface area contributed by atoms with Gasteiger partial charge in [0.25, 0.3) is 0 Å². The first-order valence-electron chi connectivity index (χ1n) is 3.85. The second kappa shape index (κ2) is 9.02. The van der Waals surface area contributed by atoms with Crippen LogP contribution < -0.4 is 5.73 Å². The molecule has 0 aromatic rings. The summed E-state index contributed by atoms with van der Waals surface area (Å²) in [4.78, 5) is 0. The van der Waals surface area contributed by atoms with Crippen LogP contribution in [0.2, 0.25) is 0 Å². The van der Waals surface area contributed by atoms with Gasteiger partial charge in [0.05, 0.1) is 0 Å². The monoisotopic (exact) mass is 153 g/mol. The Kier molecular flexibility index (Phi) is 10.4. The Morgan fingerprint density at radius 2 is 1.64 bits per heavy atom. The van der Waals surface area contributed by atoms with Gasteiger partial charge in [-0.1, -0.05) is 39.5 Å². The van der Waals surface area contributed by atoms with Gasteiger partial charge in [-0.3, -0.25) is 0 Å². The van der Waals surface area contributed by atoms with Crippen LogP contribution in [0, 0.1) is 0 Å². The van der Waals surface area contributed by atoms with Crippen LogP contribution in [0.15, 0.2) is 36.6 Å². The Bertz CT molecular complexity index is 127. The number of nitrogens with two attached hydrogens (primary N) is 1. The lowest BCUT2D eigenvalue weighted by molar-refractivity contribution is 1.09. The highest BCUT2D eigenvalue weighted by molar-refractivity contribution is 5.26. The molecule has 0 rings (SSSR count). The molecule has 0 saturated heterocycles. The summed E-state index contributed by atoms with van der Waals surface area (Å²) in [6.07, 6.45) is 4.56. The molecule has 2 N–H and O–H groups in total. The molecule has 0 aliphatic heterocycles. The summed E-state index contributed by atoms with van der Waals surface area (Å²) in [6.45, 7) is 13.2. The highest BCUT2D eigenvalue weighted by Gasteiger charge is 1.83. The quantitative estimate of drug-likeness (QED) is 0.606. The van der Waals surface area contributed by atoms with Crippen LogP contribution >= 0.6 is 0 Å².